The first-order valence-corrected chi connectivity index (χ1v) is 11.4. The topological polar surface area (TPSA) is 99.2 Å². The van der Waals surface area contributed by atoms with E-state index in [0.717, 1.165) is 52.1 Å². The normalized spacial score (nSPS) is 16.3. The number of fused-ring (bicyclic) bond motifs is 1. The molecular formula is C25H27N7O2. The molecular weight excluding hydrogens is 430 g/mol. The van der Waals surface area contributed by atoms with Gasteiger partial charge in [-0.05, 0) is 42.7 Å². The van der Waals surface area contributed by atoms with Crippen LogP contribution < -0.4 is 15.5 Å². The van der Waals surface area contributed by atoms with E-state index in [0.29, 0.717) is 18.6 Å². The lowest BCUT2D eigenvalue weighted by molar-refractivity contribution is -0.119. The zero-order chi connectivity index (χ0) is 23.7. The van der Waals surface area contributed by atoms with Gasteiger partial charge in [-0.25, -0.2) is 9.98 Å². The minimum Gasteiger partial charge on any atom is -0.497 e. The van der Waals surface area contributed by atoms with E-state index in [9.17, 15) is 4.79 Å². The molecule has 1 amide bonds. The highest BCUT2D eigenvalue weighted by atomic mass is 16.5. The highest BCUT2D eigenvalue weighted by molar-refractivity contribution is 5.78. The molecule has 1 aliphatic rings. The van der Waals surface area contributed by atoms with Crippen LogP contribution in [0, 0.1) is 0 Å². The summed E-state index contributed by atoms with van der Waals surface area (Å²) in [5.41, 5.74) is 5.78. The van der Waals surface area contributed by atoms with E-state index in [4.69, 9.17) is 14.7 Å². The van der Waals surface area contributed by atoms with Crippen molar-refractivity contribution < 1.29 is 9.53 Å². The second-order valence-corrected chi connectivity index (χ2v) is 8.48. The van der Waals surface area contributed by atoms with E-state index in [1.807, 2.05) is 42.1 Å². The number of pyridine rings is 1. The Morgan fingerprint density at radius 3 is 2.82 bits per heavy atom. The van der Waals surface area contributed by atoms with Crippen LogP contribution in [0.25, 0.3) is 22.4 Å². The smallest absolute Gasteiger partial charge is 0.220 e. The number of nitrogens with one attached hydrogen (secondary N) is 1. The third kappa shape index (κ3) is 4.41. The molecule has 1 fully saturated rings. The van der Waals surface area contributed by atoms with Gasteiger partial charge in [-0.15, -0.1) is 0 Å². The molecule has 9 heteroatoms. The summed E-state index contributed by atoms with van der Waals surface area (Å²) >= 11 is 0. The van der Waals surface area contributed by atoms with Crippen LogP contribution in [-0.4, -0.2) is 43.4 Å². The first-order chi connectivity index (χ1) is 16.5. The molecule has 1 unspecified atom stereocenters. The van der Waals surface area contributed by atoms with Crippen molar-refractivity contribution in [2.45, 2.75) is 38.8 Å². The number of nitrogens with zero attached hydrogens (tertiary/aromatic N) is 6. The van der Waals surface area contributed by atoms with Crippen molar-refractivity contribution in [3.63, 3.8) is 0 Å². The van der Waals surface area contributed by atoms with Gasteiger partial charge in [-0.2, -0.15) is 5.10 Å². The molecule has 5 rings (SSSR count). The van der Waals surface area contributed by atoms with Crippen LogP contribution in [0.4, 0.5) is 5.69 Å². The predicted octanol–water partition coefficient (Wildman–Crippen LogP) is 2.91. The number of aromatic nitrogens is 5. The Labute approximate surface area is 197 Å². The van der Waals surface area contributed by atoms with Crippen LogP contribution >= 0.6 is 0 Å². The Morgan fingerprint density at radius 1 is 1.24 bits per heavy atom. The van der Waals surface area contributed by atoms with Gasteiger partial charge >= 0.3 is 0 Å². The number of ether oxygens (including phenoxy) is 1. The summed E-state index contributed by atoms with van der Waals surface area (Å²) in [5, 5.41) is 7.32. The van der Waals surface area contributed by atoms with Crippen molar-refractivity contribution in [1.29, 1.82) is 0 Å². The fourth-order valence-corrected chi connectivity index (χ4v) is 4.22. The average molecular weight is 458 g/mol. The van der Waals surface area contributed by atoms with Crippen molar-refractivity contribution >= 4 is 22.8 Å². The lowest BCUT2D eigenvalue weighted by Gasteiger charge is -2.16. The fourth-order valence-electron chi connectivity index (χ4n) is 4.22. The van der Waals surface area contributed by atoms with Crippen LogP contribution in [0.2, 0.25) is 0 Å². The summed E-state index contributed by atoms with van der Waals surface area (Å²) in [6, 6.07) is 9.89. The first kappa shape index (κ1) is 21.8. The number of aryl methyl sites for hydroxylation is 2. The van der Waals surface area contributed by atoms with Gasteiger partial charge in [0.15, 0.2) is 5.65 Å². The average Bonchev–Trinajstić information content (AvgIpc) is 3.47. The number of carbonyl (C=O) groups is 1. The van der Waals surface area contributed by atoms with Gasteiger partial charge in [0.1, 0.15) is 16.8 Å². The van der Waals surface area contributed by atoms with Gasteiger partial charge in [-0.1, -0.05) is 6.92 Å². The molecule has 0 saturated carbocycles. The van der Waals surface area contributed by atoms with Crippen LogP contribution in [0.3, 0.4) is 0 Å². The van der Waals surface area contributed by atoms with Gasteiger partial charge in [-0.3, -0.25) is 14.5 Å². The van der Waals surface area contributed by atoms with Crippen molar-refractivity contribution in [3.8, 4) is 17.0 Å². The van der Waals surface area contributed by atoms with Crippen molar-refractivity contribution in [2.24, 2.45) is 12.0 Å². The highest BCUT2D eigenvalue weighted by Gasteiger charge is 2.22. The number of hydrogen-bond acceptors (Lipinski definition) is 6. The van der Waals surface area contributed by atoms with Gasteiger partial charge in [0.2, 0.25) is 5.91 Å². The highest BCUT2D eigenvalue weighted by Crippen LogP contribution is 2.24. The molecule has 0 aliphatic carbocycles. The first-order valence-electron chi connectivity index (χ1n) is 11.4. The zero-order valence-corrected chi connectivity index (χ0v) is 19.5. The third-order valence-electron chi connectivity index (χ3n) is 6.03. The minimum atomic E-state index is 0.0115. The maximum absolute atomic E-state index is 11.9. The standard InChI is InChI=1S/C25H27N7O2/c1-4-16-9-19(11-20(10-16)34-3)28-23-7-6-21-25(32(23)15-18-5-8-24(33)29-18)30-22(13-26-21)17-12-27-31(2)14-17/h6-7,9-14,18H,4-5,8,15H2,1-3H3,(H,29,33)/b28-23+. The van der Waals surface area contributed by atoms with Crippen LogP contribution in [0.15, 0.2) is 53.9 Å². The predicted molar refractivity (Wildman–Crippen MR) is 128 cm³/mol. The number of benzene rings is 1. The summed E-state index contributed by atoms with van der Waals surface area (Å²) in [7, 11) is 3.53. The van der Waals surface area contributed by atoms with E-state index in [-0.39, 0.29) is 11.9 Å². The molecule has 1 aromatic carbocycles. The number of carbonyl (C=O) groups excluding carboxylic acids is 1. The molecule has 3 aromatic heterocycles. The van der Waals surface area contributed by atoms with E-state index < -0.39 is 0 Å². The molecule has 0 radical (unpaired) electrons. The summed E-state index contributed by atoms with van der Waals surface area (Å²) in [6.07, 6.45) is 7.63. The van der Waals surface area contributed by atoms with E-state index in [1.54, 1.807) is 24.2 Å². The summed E-state index contributed by atoms with van der Waals surface area (Å²) in [4.78, 5) is 26.4. The lowest BCUT2D eigenvalue weighted by Crippen LogP contribution is -2.34. The van der Waals surface area contributed by atoms with Gasteiger partial charge in [0.05, 0.1) is 30.9 Å². The van der Waals surface area contributed by atoms with E-state index in [2.05, 4.69) is 28.4 Å². The van der Waals surface area contributed by atoms with Gasteiger partial charge in [0.25, 0.3) is 0 Å². The SMILES string of the molecule is CCc1cc(/N=c2\ccc3ncc(-c4cnn(C)c4)nc3n2CC2CCC(=O)N2)cc(OC)c1. The van der Waals surface area contributed by atoms with Crippen LogP contribution in [-0.2, 0) is 24.8 Å². The molecule has 4 aromatic rings. The molecule has 4 heterocycles. The maximum Gasteiger partial charge on any atom is 0.220 e. The Hall–Kier alpha value is -4.01. The number of amides is 1. The van der Waals surface area contributed by atoms with Crippen LogP contribution in [0.5, 0.6) is 5.75 Å². The molecule has 1 saturated heterocycles. The molecule has 174 valence electrons. The Morgan fingerprint density at radius 2 is 2.12 bits per heavy atom. The monoisotopic (exact) mass is 457 g/mol. The second-order valence-electron chi connectivity index (χ2n) is 8.48. The lowest BCUT2D eigenvalue weighted by atomic mass is 10.1. The molecule has 1 atom stereocenters. The van der Waals surface area contributed by atoms with Crippen molar-refractivity contribution in [2.75, 3.05) is 7.11 Å². The largest absolute Gasteiger partial charge is 0.497 e. The molecule has 9 nitrogen and oxygen atoms in total. The maximum atomic E-state index is 11.9. The third-order valence-corrected chi connectivity index (χ3v) is 6.03. The Bertz CT molecular complexity index is 1410. The molecule has 0 spiro atoms. The minimum absolute atomic E-state index is 0.0115. The van der Waals surface area contributed by atoms with Gasteiger partial charge < -0.3 is 14.6 Å². The summed E-state index contributed by atoms with van der Waals surface area (Å²) in [6.45, 7) is 2.66. The van der Waals surface area contributed by atoms with Crippen molar-refractivity contribution in [1.82, 2.24) is 29.6 Å². The van der Waals surface area contributed by atoms with E-state index in [1.165, 1.54) is 0 Å². The molecule has 1 N–H and O–H groups in total. The number of hydrogen-bond donors (Lipinski definition) is 1. The molecule has 0 bridgehead atoms. The molecule has 34 heavy (non-hydrogen) atoms. The summed E-state index contributed by atoms with van der Waals surface area (Å²) < 4.78 is 9.26. The van der Waals surface area contributed by atoms with E-state index >= 15 is 0 Å². The quantitative estimate of drug-likeness (QED) is 0.480. The summed E-state index contributed by atoms with van der Waals surface area (Å²) in [5.74, 6) is 0.846. The zero-order valence-electron chi connectivity index (χ0n) is 19.5. The Balaban J connectivity index is 1.69. The fraction of sp³-hybridized carbons (Fsp3) is 0.320. The van der Waals surface area contributed by atoms with Crippen molar-refractivity contribution in [3.05, 3.63) is 60.0 Å². The second kappa shape index (κ2) is 9.09. The number of rotatable bonds is 6. The Kier molecular flexibility index (Phi) is 5.83. The van der Waals surface area contributed by atoms with Crippen LogP contribution in [0.1, 0.15) is 25.3 Å². The number of methoxy groups -OCH3 is 1. The molecule has 1 aliphatic heterocycles. The van der Waals surface area contributed by atoms with Gasteiger partial charge in [0, 0.05) is 43.9 Å².